The van der Waals surface area contributed by atoms with Crippen LogP contribution in [0.2, 0.25) is 0 Å². The number of carbonyl (C=O) groups is 3. The molecule has 0 fully saturated rings. The number of thiophene rings is 1. The molecule has 4 N–H and O–H groups in total. The third-order valence-corrected chi connectivity index (χ3v) is 7.00. The molecule has 0 saturated carbocycles. The summed E-state index contributed by atoms with van der Waals surface area (Å²) < 4.78 is 33.4. The molecule has 2 amide bonds. The molecule has 1 aromatic heterocycles. The van der Waals surface area contributed by atoms with Gasteiger partial charge in [0.05, 0.1) is 6.04 Å². The zero-order chi connectivity index (χ0) is 27.9. The highest BCUT2D eigenvalue weighted by Crippen LogP contribution is 2.28. The number of nitrogens with two attached hydrogens (primary N) is 1. The fourth-order valence-electron chi connectivity index (χ4n) is 3.77. The summed E-state index contributed by atoms with van der Waals surface area (Å²) in [6.07, 6.45) is 0.355. The number of alkyl halides is 2. The molecule has 0 radical (unpaired) electrons. The summed E-state index contributed by atoms with van der Waals surface area (Å²) in [6.45, 7) is 3.23. The van der Waals surface area contributed by atoms with Crippen LogP contribution in [-0.2, 0) is 25.5 Å². The molecule has 0 aliphatic heterocycles. The van der Waals surface area contributed by atoms with Gasteiger partial charge in [-0.1, -0.05) is 54.6 Å². The second-order valence-corrected chi connectivity index (χ2v) is 10.4. The van der Waals surface area contributed by atoms with E-state index in [1.807, 2.05) is 47.8 Å². The number of amides is 2. The van der Waals surface area contributed by atoms with Crippen molar-refractivity contribution >= 4 is 54.0 Å². The van der Waals surface area contributed by atoms with Crippen molar-refractivity contribution in [3.05, 3.63) is 77.2 Å². The number of hydrogen-bond acceptors (Lipinski definition) is 6. The Morgan fingerprint density at radius 3 is 2.37 bits per heavy atom. The van der Waals surface area contributed by atoms with E-state index in [4.69, 9.17) is 10.5 Å². The largest absolute Gasteiger partial charge is 0.437 e. The van der Waals surface area contributed by atoms with Crippen LogP contribution in [-0.4, -0.2) is 41.8 Å². The Hall–Kier alpha value is -3.20. The maximum atomic E-state index is 13.7. The SMILES string of the molecule is C/C=C(/CC(NC(=O)[C@@H](Cc1csc2ccccc12)NC(=O)C(C)N)OC(=O)C(F)(F)P)c1ccccc1. The van der Waals surface area contributed by atoms with Crippen molar-refractivity contribution in [1.29, 1.82) is 0 Å². The molecule has 0 bridgehead atoms. The molecule has 2 aromatic carbocycles. The molecule has 38 heavy (non-hydrogen) atoms. The van der Waals surface area contributed by atoms with Crippen LogP contribution in [0.25, 0.3) is 15.7 Å². The average molecular weight is 562 g/mol. The van der Waals surface area contributed by atoms with Crippen LogP contribution in [0.1, 0.15) is 31.4 Å². The van der Waals surface area contributed by atoms with Gasteiger partial charge in [0, 0.05) is 17.5 Å². The van der Waals surface area contributed by atoms with E-state index in [9.17, 15) is 23.2 Å². The highest BCUT2D eigenvalue weighted by Gasteiger charge is 2.37. The number of hydrogen-bond donors (Lipinski definition) is 3. The van der Waals surface area contributed by atoms with Gasteiger partial charge in [-0.25, -0.2) is 4.79 Å². The zero-order valence-electron chi connectivity index (χ0n) is 20.9. The van der Waals surface area contributed by atoms with Crippen LogP contribution in [0.4, 0.5) is 8.78 Å². The molecule has 0 saturated heterocycles. The molecule has 3 aromatic rings. The quantitative estimate of drug-likeness (QED) is 0.185. The second kappa shape index (κ2) is 13.0. The van der Waals surface area contributed by atoms with Crippen LogP contribution in [0, 0.1) is 0 Å². The first kappa shape index (κ1) is 29.4. The van der Waals surface area contributed by atoms with Crippen LogP contribution in [0.5, 0.6) is 0 Å². The second-order valence-electron chi connectivity index (χ2n) is 8.72. The molecule has 4 atom stereocenters. The number of fused-ring (bicyclic) bond motifs is 1. The number of halogens is 2. The van der Waals surface area contributed by atoms with Gasteiger partial charge in [0.15, 0.2) is 6.23 Å². The number of carbonyl (C=O) groups excluding carboxylic acids is 3. The standard InChI is InChI=1S/C27H30F2N3O4PS/c1-3-17(18-9-5-4-6-10-18)14-23(36-26(35)27(28,29)37)32-25(34)21(31-24(33)16(2)30)13-19-15-38-22-12-8-7-11-20(19)22/h3-12,15-16,21,23H,13-14,30,37H2,1-2H3,(H,31,33)(H,32,34)/b17-3-/t16?,21-,23?/m1/s1. The normalized spacial score (nSPS) is 14.4. The summed E-state index contributed by atoms with van der Waals surface area (Å²) in [6, 6.07) is 14.7. The summed E-state index contributed by atoms with van der Waals surface area (Å²) in [4.78, 5) is 37.9. The van der Waals surface area contributed by atoms with Gasteiger partial charge in [-0.05, 0) is 56.6 Å². The van der Waals surface area contributed by atoms with Crippen molar-refractivity contribution in [2.24, 2.45) is 5.73 Å². The van der Waals surface area contributed by atoms with E-state index in [0.717, 1.165) is 30.5 Å². The van der Waals surface area contributed by atoms with Crippen molar-refractivity contribution in [3.63, 3.8) is 0 Å². The first-order chi connectivity index (χ1) is 18.0. The Bertz CT molecular complexity index is 1310. The lowest BCUT2D eigenvalue weighted by atomic mass is 10.0. The van der Waals surface area contributed by atoms with Crippen LogP contribution in [0.3, 0.4) is 0 Å². The van der Waals surface area contributed by atoms with Gasteiger partial charge in [0.1, 0.15) is 6.04 Å². The lowest BCUT2D eigenvalue weighted by molar-refractivity contribution is -0.168. The van der Waals surface area contributed by atoms with E-state index >= 15 is 0 Å². The number of benzene rings is 2. The third kappa shape index (κ3) is 7.90. The molecule has 1 heterocycles. The molecule has 0 aliphatic carbocycles. The topological polar surface area (TPSA) is 111 Å². The van der Waals surface area contributed by atoms with Gasteiger partial charge >= 0.3 is 11.6 Å². The predicted octanol–water partition coefficient (Wildman–Crippen LogP) is 4.22. The van der Waals surface area contributed by atoms with Crippen molar-refractivity contribution in [2.45, 2.75) is 50.7 Å². The molecule has 3 rings (SSSR count). The number of ether oxygens (including phenoxy) is 1. The van der Waals surface area contributed by atoms with Gasteiger partial charge in [-0.15, -0.1) is 11.3 Å². The zero-order valence-corrected chi connectivity index (χ0v) is 22.9. The Morgan fingerprint density at radius 2 is 1.74 bits per heavy atom. The highest BCUT2D eigenvalue weighted by molar-refractivity contribution is 7.20. The summed E-state index contributed by atoms with van der Waals surface area (Å²) >= 11 is 1.50. The van der Waals surface area contributed by atoms with E-state index in [0.29, 0.717) is 5.57 Å². The average Bonchev–Trinajstić information content (AvgIpc) is 3.29. The summed E-state index contributed by atoms with van der Waals surface area (Å²) in [5.74, 6) is -3.08. The lowest BCUT2D eigenvalue weighted by Crippen LogP contribution is -2.54. The van der Waals surface area contributed by atoms with Crippen LogP contribution >= 0.6 is 20.6 Å². The van der Waals surface area contributed by atoms with Gasteiger partial charge < -0.3 is 21.1 Å². The number of rotatable bonds is 11. The number of allylic oxidation sites excluding steroid dienone is 1. The maximum Gasteiger partial charge on any atom is 0.382 e. The van der Waals surface area contributed by atoms with Crippen molar-refractivity contribution in [1.82, 2.24) is 10.6 Å². The van der Waals surface area contributed by atoms with Crippen molar-refractivity contribution < 1.29 is 27.9 Å². The molecule has 11 heteroatoms. The van der Waals surface area contributed by atoms with E-state index in [-0.39, 0.29) is 12.8 Å². The van der Waals surface area contributed by atoms with Crippen LogP contribution in [0.15, 0.2) is 66.1 Å². The van der Waals surface area contributed by atoms with E-state index in [2.05, 4.69) is 10.6 Å². The maximum absolute atomic E-state index is 13.7. The molecular weight excluding hydrogens is 531 g/mol. The van der Waals surface area contributed by atoms with Gasteiger partial charge in [-0.2, -0.15) is 8.78 Å². The minimum Gasteiger partial charge on any atom is -0.437 e. The van der Waals surface area contributed by atoms with Gasteiger partial charge in [-0.3, -0.25) is 9.59 Å². The molecule has 0 spiro atoms. The van der Waals surface area contributed by atoms with Crippen molar-refractivity contribution in [3.8, 4) is 0 Å². The lowest BCUT2D eigenvalue weighted by Gasteiger charge is -2.26. The minimum absolute atomic E-state index is 0.0753. The van der Waals surface area contributed by atoms with Gasteiger partial charge in [0.25, 0.3) is 0 Å². The highest BCUT2D eigenvalue weighted by atomic mass is 32.1. The summed E-state index contributed by atoms with van der Waals surface area (Å²) in [5.41, 5.74) is 4.12. The first-order valence-electron chi connectivity index (χ1n) is 11.9. The Labute approximate surface area is 226 Å². The van der Waals surface area contributed by atoms with Gasteiger partial charge in [0.2, 0.25) is 11.8 Å². The molecule has 202 valence electrons. The third-order valence-electron chi connectivity index (χ3n) is 5.75. The fourth-order valence-corrected chi connectivity index (χ4v) is 4.81. The Kier molecular flexibility index (Phi) is 10.1. The monoisotopic (exact) mass is 561 g/mol. The Balaban J connectivity index is 1.88. The summed E-state index contributed by atoms with van der Waals surface area (Å²) in [5, 5.41) is 7.99. The minimum atomic E-state index is -3.84. The molecule has 0 aliphatic rings. The number of nitrogens with one attached hydrogen (secondary N) is 2. The molecule has 3 unspecified atom stereocenters. The predicted molar refractivity (Wildman–Crippen MR) is 148 cm³/mol. The first-order valence-corrected chi connectivity index (χ1v) is 13.3. The number of esters is 1. The van der Waals surface area contributed by atoms with E-state index in [1.165, 1.54) is 18.3 Å². The smallest absolute Gasteiger partial charge is 0.382 e. The molecular formula is C27H30F2N3O4PS. The molecule has 7 nitrogen and oxygen atoms in total. The van der Waals surface area contributed by atoms with Crippen LogP contribution < -0.4 is 16.4 Å². The summed E-state index contributed by atoms with van der Waals surface area (Å²) in [7, 11) is 1.13. The fraction of sp³-hybridized carbons (Fsp3) is 0.296. The van der Waals surface area contributed by atoms with Crippen molar-refractivity contribution in [2.75, 3.05) is 0 Å². The Morgan fingerprint density at radius 1 is 1.08 bits per heavy atom. The van der Waals surface area contributed by atoms with E-state index in [1.54, 1.807) is 25.1 Å². The van der Waals surface area contributed by atoms with E-state index < -0.39 is 41.8 Å².